The largest absolute Gasteiger partial charge is 0.383 e. The van der Waals surface area contributed by atoms with Crippen molar-refractivity contribution in [1.29, 1.82) is 0 Å². The number of nitrogens with zero attached hydrogens (tertiary/aromatic N) is 2. The first kappa shape index (κ1) is 14.3. The van der Waals surface area contributed by atoms with Crippen molar-refractivity contribution in [2.24, 2.45) is 5.73 Å². The lowest BCUT2D eigenvalue weighted by Crippen LogP contribution is -2.47. The minimum Gasteiger partial charge on any atom is -0.383 e. The number of ether oxygens (including phenoxy) is 1. The monoisotopic (exact) mass is 263 g/mol. The molecule has 1 aliphatic heterocycles. The Morgan fingerprint density at radius 2 is 1.79 bits per heavy atom. The van der Waals surface area contributed by atoms with Crippen molar-refractivity contribution < 1.29 is 4.74 Å². The van der Waals surface area contributed by atoms with E-state index in [1.165, 1.54) is 11.3 Å². The number of benzene rings is 1. The number of piperazine rings is 1. The van der Waals surface area contributed by atoms with Crippen LogP contribution in [0.3, 0.4) is 0 Å². The summed E-state index contributed by atoms with van der Waals surface area (Å²) >= 11 is 0. The van der Waals surface area contributed by atoms with Crippen LogP contribution in [0.1, 0.15) is 18.5 Å². The summed E-state index contributed by atoms with van der Waals surface area (Å²) in [4.78, 5) is 4.89. The third-order valence-corrected chi connectivity index (χ3v) is 3.77. The van der Waals surface area contributed by atoms with E-state index in [4.69, 9.17) is 10.5 Å². The lowest BCUT2D eigenvalue weighted by molar-refractivity contribution is 0.144. The summed E-state index contributed by atoms with van der Waals surface area (Å²) in [7, 11) is 1.76. The van der Waals surface area contributed by atoms with Crippen molar-refractivity contribution in [1.82, 2.24) is 4.90 Å². The molecule has 1 heterocycles. The number of anilines is 1. The quantitative estimate of drug-likeness (QED) is 0.873. The Bertz CT molecular complexity index is 369. The van der Waals surface area contributed by atoms with Gasteiger partial charge in [0.2, 0.25) is 0 Å². The van der Waals surface area contributed by atoms with Gasteiger partial charge in [0.15, 0.2) is 0 Å². The zero-order chi connectivity index (χ0) is 13.7. The fourth-order valence-electron chi connectivity index (χ4n) is 2.44. The molecule has 4 heteroatoms. The van der Waals surface area contributed by atoms with Gasteiger partial charge >= 0.3 is 0 Å². The molecule has 19 heavy (non-hydrogen) atoms. The Labute approximate surface area is 116 Å². The van der Waals surface area contributed by atoms with Crippen molar-refractivity contribution in [3.05, 3.63) is 29.8 Å². The molecular weight excluding hydrogens is 238 g/mol. The van der Waals surface area contributed by atoms with Crippen LogP contribution >= 0.6 is 0 Å². The number of methoxy groups -OCH3 is 1. The molecule has 0 radical (unpaired) electrons. The number of hydrogen-bond donors (Lipinski definition) is 1. The SMILES string of the molecule is COCCN1CCN(c2ccc(C(C)N)cc2)CC1. The van der Waals surface area contributed by atoms with E-state index in [9.17, 15) is 0 Å². The Kier molecular flexibility index (Phi) is 5.19. The predicted octanol–water partition coefficient (Wildman–Crippen LogP) is 1.47. The second kappa shape index (κ2) is 6.89. The number of rotatable bonds is 5. The summed E-state index contributed by atoms with van der Waals surface area (Å²) in [6.07, 6.45) is 0. The lowest BCUT2D eigenvalue weighted by atomic mass is 10.1. The molecule has 0 aromatic heterocycles. The normalized spacial score (nSPS) is 18.6. The molecule has 2 rings (SSSR count). The molecular formula is C15H25N3O. The Morgan fingerprint density at radius 3 is 2.32 bits per heavy atom. The van der Waals surface area contributed by atoms with Gasteiger partial charge in [-0.15, -0.1) is 0 Å². The summed E-state index contributed by atoms with van der Waals surface area (Å²) in [5.74, 6) is 0. The molecule has 1 saturated heterocycles. The molecule has 0 saturated carbocycles. The highest BCUT2D eigenvalue weighted by atomic mass is 16.5. The minimum atomic E-state index is 0.111. The number of hydrogen-bond acceptors (Lipinski definition) is 4. The molecule has 0 amide bonds. The van der Waals surface area contributed by atoms with E-state index in [-0.39, 0.29) is 6.04 Å². The zero-order valence-corrected chi connectivity index (χ0v) is 12.0. The zero-order valence-electron chi connectivity index (χ0n) is 12.0. The van der Waals surface area contributed by atoms with Crippen molar-refractivity contribution in [3.63, 3.8) is 0 Å². The van der Waals surface area contributed by atoms with E-state index in [0.29, 0.717) is 0 Å². The van der Waals surface area contributed by atoms with Gasteiger partial charge in [0.05, 0.1) is 6.61 Å². The van der Waals surface area contributed by atoms with E-state index >= 15 is 0 Å². The van der Waals surface area contributed by atoms with Gasteiger partial charge in [0.1, 0.15) is 0 Å². The van der Waals surface area contributed by atoms with Gasteiger partial charge in [0, 0.05) is 51.6 Å². The van der Waals surface area contributed by atoms with Crippen LogP contribution in [0, 0.1) is 0 Å². The fraction of sp³-hybridized carbons (Fsp3) is 0.600. The van der Waals surface area contributed by atoms with Crippen LogP contribution < -0.4 is 10.6 Å². The van der Waals surface area contributed by atoms with Crippen molar-refractivity contribution in [3.8, 4) is 0 Å². The fourth-order valence-corrected chi connectivity index (χ4v) is 2.44. The molecule has 1 aromatic rings. The summed E-state index contributed by atoms with van der Waals surface area (Å²) in [5, 5.41) is 0. The van der Waals surface area contributed by atoms with Crippen LogP contribution in [0.4, 0.5) is 5.69 Å². The van der Waals surface area contributed by atoms with Gasteiger partial charge in [-0.2, -0.15) is 0 Å². The second-order valence-corrected chi connectivity index (χ2v) is 5.20. The predicted molar refractivity (Wildman–Crippen MR) is 79.6 cm³/mol. The maximum Gasteiger partial charge on any atom is 0.0589 e. The molecule has 1 aromatic carbocycles. The Morgan fingerprint density at radius 1 is 1.16 bits per heavy atom. The highest BCUT2D eigenvalue weighted by molar-refractivity contribution is 5.48. The smallest absolute Gasteiger partial charge is 0.0589 e. The van der Waals surface area contributed by atoms with Crippen molar-refractivity contribution in [2.75, 3.05) is 51.3 Å². The first-order valence-corrected chi connectivity index (χ1v) is 7.02. The first-order valence-electron chi connectivity index (χ1n) is 7.02. The van der Waals surface area contributed by atoms with Crippen molar-refractivity contribution >= 4 is 5.69 Å². The van der Waals surface area contributed by atoms with Crippen LogP contribution in [0.25, 0.3) is 0 Å². The molecule has 0 aliphatic carbocycles. The maximum atomic E-state index is 5.87. The van der Waals surface area contributed by atoms with E-state index < -0.39 is 0 Å². The molecule has 1 atom stereocenters. The van der Waals surface area contributed by atoms with Crippen LogP contribution in [0.15, 0.2) is 24.3 Å². The minimum absolute atomic E-state index is 0.111. The van der Waals surface area contributed by atoms with Gasteiger partial charge in [-0.25, -0.2) is 0 Å². The maximum absolute atomic E-state index is 5.87. The molecule has 4 nitrogen and oxygen atoms in total. The summed E-state index contributed by atoms with van der Waals surface area (Å²) < 4.78 is 5.12. The van der Waals surface area contributed by atoms with Gasteiger partial charge in [0.25, 0.3) is 0 Å². The number of nitrogens with two attached hydrogens (primary N) is 1. The van der Waals surface area contributed by atoms with Crippen LogP contribution in [-0.2, 0) is 4.74 Å². The van der Waals surface area contributed by atoms with E-state index in [1.54, 1.807) is 7.11 Å². The van der Waals surface area contributed by atoms with Gasteiger partial charge in [-0.3, -0.25) is 4.90 Å². The van der Waals surface area contributed by atoms with E-state index in [2.05, 4.69) is 34.1 Å². The summed E-state index contributed by atoms with van der Waals surface area (Å²) in [6.45, 7) is 8.26. The first-order chi connectivity index (χ1) is 9.20. The Balaban J connectivity index is 1.87. The van der Waals surface area contributed by atoms with Crippen LogP contribution in [-0.4, -0.2) is 51.3 Å². The molecule has 1 unspecified atom stereocenters. The summed E-state index contributed by atoms with van der Waals surface area (Å²) in [5.41, 5.74) is 8.37. The molecule has 2 N–H and O–H groups in total. The van der Waals surface area contributed by atoms with E-state index in [0.717, 1.165) is 39.3 Å². The van der Waals surface area contributed by atoms with Crippen LogP contribution in [0.5, 0.6) is 0 Å². The third kappa shape index (κ3) is 3.93. The van der Waals surface area contributed by atoms with Gasteiger partial charge in [-0.05, 0) is 24.6 Å². The summed E-state index contributed by atoms with van der Waals surface area (Å²) in [6, 6.07) is 8.75. The highest BCUT2D eigenvalue weighted by Crippen LogP contribution is 2.19. The second-order valence-electron chi connectivity index (χ2n) is 5.20. The third-order valence-electron chi connectivity index (χ3n) is 3.77. The molecule has 106 valence electrons. The molecule has 0 spiro atoms. The average Bonchev–Trinajstić information content (AvgIpc) is 2.46. The lowest BCUT2D eigenvalue weighted by Gasteiger charge is -2.36. The average molecular weight is 263 g/mol. The topological polar surface area (TPSA) is 41.7 Å². The van der Waals surface area contributed by atoms with Gasteiger partial charge in [-0.1, -0.05) is 12.1 Å². The molecule has 1 fully saturated rings. The molecule has 1 aliphatic rings. The highest BCUT2D eigenvalue weighted by Gasteiger charge is 2.16. The Hall–Kier alpha value is -1.10. The van der Waals surface area contributed by atoms with Gasteiger partial charge < -0.3 is 15.4 Å². The van der Waals surface area contributed by atoms with Crippen molar-refractivity contribution in [2.45, 2.75) is 13.0 Å². The standard InChI is InChI=1S/C15H25N3O/c1-13(16)14-3-5-15(6-4-14)18-9-7-17(8-10-18)11-12-19-2/h3-6,13H,7-12,16H2,1-2H3. The van der Waals surface area contributed by atoms with E-state index in [1.807, 2.05) is 6.92 Å². The van der Waals surface area contributed by atoms with Crippen LogP contribution in [0.2, 0.25) is 0 Å². The molecule has 0 bridgehead atoms.